The number of nitrogens with two attached hydrogens (primary N) is 1. The minimum Gasteiger partial charge on any atom is -0.487 e. The number of hydrogen-bond donors (Lipinski definition) is 9. The maximum Gasteiger partial charge on any atom is 0.408 e. The first-order valence-electron chi connectivity index (χ1n) is 25.6. The zero-order valence-electron chi connectivity index (χ0n) is 45.5. The van der Waals surface area contributed by atoms with E-state index >= 15 is 0 Å². The molecule has 8 amide bonds. The molecule has 0 aromatic heterocycles. The number of carbonyl (C=O) groups excluding carboxylic acids is 9. The smallest absolute Gasteiger partial charge is 0.408 e. The van der Waals surface area contributed by atoms with Crippen molar-refractivity contribution in [2.24, 2.45) is 5.73 Å². The molecule has 430 valence electrons. The Morgan fingerprint density at radius 1 is 0.526 bits per heavy atom. The molecule has 0 saturated carbocycles. The fraction of sp³-hybridized carbons (Fsp3) is 0.700. The van der Waals surface area contributed by atoms with E-state index in [2.05, 4.69) is 42.5 Å². The van der Waals surface area contributed by atoms with E-state index in [1.807, 2.05) is 0 Å². The van der Waals surface area contributed by atoms with Crippen LogP contribution >= 0.6 is 0 Å². The highest BCUT2D eigenvalue weighted by Crippen LogP contribution is 2.28. The lowest BCUT2D eigenvalue weighted by molar-refractivity contribution is -0.145. The molecule has 1 aliphatic heterocycles. The summed E-state index contributed by atoms with van der Waals surface area (Å²) in [6.07, 6.45) is 0.989. The molecule has 0 radical (unpaired) electrons. The Balaban J connectivity index is 2.03. The molecule has 26 heteroatoms. The first kappa shape index (κ1) is 65.8. The molecule has 1 heterocycles. The van der Waals surface area contributed by atoms with Crippen LogP contribution in [-0.4, -0.2) is 188 Å². The van der Waals surface area contributed by atoms with Gasteiger partial charge in [-0.3, -0.25) is 33.6 Å². The summed E-state index contributed by atoms with van der Waals surface area (Å²) in [6.45, 7) is 15.8. The van der Waals surface area contributed by atoms with Gasteiger partial charge < -0.3 is 86.2 Å². The van der Waals surface area contributed by atoms with E-state index in [9.17, 15) is 43.2 Å². The highest BCUT2D eigenvalue weighted by atomic mass is 16.6. The van der Waals surface area contributed by atoms with Gasteiger partial charge in [0.15, 0.2) is 11.5 Å². The summed E-state index contributed by atoms with van der Waals surface area (Å²) in [4.78, 5) is 117. The molecule has 2 rings (SSSR count). The van der Waals surface area contributed by atoms with Crippen LogP contribution in [-0.2, 0) is 62.0 Å². The van der Waals surface area contributed by atoms with E-state index in [-0.39, 0.29) is 39.2 Å². The Labute approximate surface area is 445 Å². The van der Waals surface area contributed by atoms with Crippen molar-refractivity contribution in [3.63, 3.8) is 0 Å². The fourth-order valence-electron chi connectivity index (χ4n) is 6.75. The van der Waals surface area contributed by atoms with Gasteiger partial charge in [0.1, 0.15) is 61.1 Å². The summed E-state index contributed by atoms with van der Waals surface area (Å²) in [6, 6.07) is -3.31. The van der Waals surface area contributed by atoms with Crippen LogP contribution in [0.15, 0.2) is 18.2 Å². The molecule has 0 spiro atoms. The monoisotopic (exact) mass is 1080 g/mol. The molecule has 0 fully saturated rings. The summed E-state index contributed by atoms with van der Waals surface area (Å²) >= 11 is 0. The molecule has 76 heavy (non-hydrogen) atoms. The fourth-order valence-corrected chi connectivity index (χ4v) is 6.75. The maximum absolute atomic E-state index is 13.5. The van der Waals surface area contributed by atoms with E-state index in [1.54, 1.807) is 39.0 Å². The minimum absolute atomic E-state index is 0.0605. The molecule has 1 aliphatic rings. The van der Waals surface area contributed by atoms with Crippen LogP contribution < -0.4 is 57.7 Å². The van der Waals surface area contributed by atoms with Gasteiger partial charge in [-0.2, -0.15) is 0 Å². The highest BCUT2D eigenvalue weighted by Gasteiger charge is 2.31. The van der Waals surface area contributed by atoms with E-state index in [0.717, 1.165) is 7.11 Å². The summed E-state index contributed by atoms with van der Waals surface area (Å²) in [5.74, 6) is -4.78. The molecule has 0 bridgehead atoms. The predicted octanol–water partition coefficient (Wildman–Crippen LogP) is -0.372. The molecule has 1 aromatic rings. The second-order valence-electron chi connectivity index (χ2n) is 18.8. The summed E-state index contributed by atoms with van der Waals surface area (Å²) < 4.78 is 43.8. The lowest BCUT2D eigenvalue weighted by Crippen LogP contribution is -2.58. The summed E-state index contributed by atoms with van der Waals surface area (Å²) in [5, 5.41) is 20.5. The van der Waals surface area contributed by atoms with Gasteiger partial charge in [-0.05, 0) is 119 Å². The molecule has 7 atom stereocenters. The zero-order chi connectivity index (χ0) is 56.6. The number of rotatable bonds is 24. The maximum atomic E-state index is 13.5. The number of amides is 8. The Hall–Kier alpha value is -6.35. The van der Waals surface area contributed by atoms with Crippen molar-refractivity contribution in [3.05, 3.63) is 23.8 Å². The molecular weight excluding hydrogens is 999 g/mol. The Bertz CT molecular complexity index is 2020. The number of methoxy groups -OCH3 is 1. The molecule has 26 nitrogen and oxygen atoms in total. The highest BCUT2D eigenvalue weighted by molar-refractivity contribution is 5.97. The molecular formula is C50H83N9O17. The average molecular weight is 1080 g/mol. The van der Waals surface area contributed by atoms with Gasteiger partial charge in [-0.15, -0.1) is 0 Å². The second kappa shape index (κ2) is 35.8. The third-order valence-electron chi connectivity index (χ3n) is 11.0. The average Bonchev–Trinajstić information content (AvgIpc) is 3.36. The van der Waals surface area contributed by atoms with Gasteiger partial charge in [0.05, 0.1) is 60.0 Å². The first-order chi connectivity index (χ1) is 36.1. The lowest BCUT2D eigenvalue weighted by Gasteiger charge is -2.25. The molecule has 0 unspecified atom stereocenters. The number of benzene rings is 1. The van der Waals surface area contributed by atoms with Crippen LogP contribution in [0.25, 0.3) is 0 Å². The Morgan fingerprint density at radius 3 is 1.39 bits per heavy atom. The van der Waals surface area contributed by atoms with Gasteiger partial charge in [-0.1, -0.05) is 0 Å². The number of hydrogen-bond acceptors (Lipinski definition) is 18. The van der Waals surface area contributed by atoms with Crippen molar-refractivity contribution < 1.29 is 81.0 Å². The van der Waals surface area contributed by atoms with E-state index < -0.39 is 101 Å². The normalized spacial score (nSPS) is 16.6. The van der Waals surface area contributed by atoms with Crippen molar-refractivity contribution in [3.8, 4) is 11.5 Å². The number of ether oxygens (including phenoxy) is 8. The van der Waals surface area contributed by atoms with E-state index in [1.165, 1.54) is 34.6 Å². The van der Waals surface area contributed by atoms with Crippen LogP contribution in [0, 0.1) is 0 Å². The second-order valence-corrected chi connectivity index (χ2v) is 18.8. The topological polar surface area (TPSA) is 350 Å². The van der Waals surface area contributed by atoms with Crippen LogP contribution in [0.5, 0.6) is 11.5 Å². The molecule has 10 N–H and O–H groups in total. The van der Waals surface area contributed by atoms with Crippen molar-refractivity contribution >= 4 is 53.4 Å². The van der Waals surface area contributed by atoms with Gasteiger partial charge in [-0.25, -0.2) is 9.59 Å². The minimum atomic E-state index is -1.23. The predicted molar refractivity (Wildman–Crippen MR) is 275 cm³/mol. The summed E-state index contributed by atoms with van der Waals surface area (Å²) in [5.41, 5.74) is 5.14. The van der Waals surface area contributed by atoms with Crippen LogP contribution in [0.4, 0.5) is 4.79 Å². The van der Waals surface area contributed by atoms with E-state index in [4.69, 9.17) is 43.6 Å². The van der Waals surface area contributed by atoms with Crippen molar-refractivity contribution in [1.29, 1.82) is 0 Å². The number of unbranched alkanes of at least 4 members (excludes halogenated alkanes) is 2. The van der Waals surface area contributed by atoms with Crippen LogP contribution in [0.2, 0.25) is 0 Å². The summed E-state index contributed by atoms with van der Waals surface area (Å²) in [7, 11) is 1.16. The van der Waals surface area contributed by atoms with E-state index in [0.29, 0.717) is 95.5 Å². The van der Waals surface area contributed by atoms with Gasteiger partial charge >= 0.3 is 12.1 Å². The standard InChI is InChI=1S/C50H83N9O17/c1-31(55-46(65)37(14-10-12-18-51)58-44(63)33(3)54-42(61)34(4)57-49(68)76-50(6,7)8)41(60)53-32(2)43(62)59-38(47(66)56-35(5)48(67)69-9)15-11-13-19-52-45(64)36-16-17-39-40(30-36)75-29-27-73-25-23-71-21-20-70-22-24-72-26-28-74-39/h16-17,30-35,37-38H,10-15,18-29,51H2,1-9H3,(H,52,64)(H,53,60)(H,54,61)(H,55,65)(H,56,66)(H,57,68)(H,58,63)(H,59,62)/t31-,32-,33-,34-,35-,37-,38-/m0/s1. The number of alkyl carbamates (subject to hydrolysis) is 1. The third kappa shape index (κ3) is 26.9. The quantitative estimate of drug-likeness (QED) is 0.0471. The van der Waals surface area contributed by atoms with Crippen LogP contribution in [0.3, 0.4) is 0 Å². The van der Waals surface area contributed by atoms with Crippen molar-refractivity contribution in [2.75, 3.05) is 86.3 Å². The lowest BCUT2D eigenvalue weighted by atomic mass is 10.1. The number of carbonyl (C=O) groups is 9. The Morgan fingerprint density at radius 2 is 0.934 bits per heavy atom. The number of nitrogens with one attached hydrogen (secondary N) is 8. The van der Waals surface area contributed by atoms with Gasteiger partial charge in [0.25, 0.3) is 5.91 Å². The van der Waals surface area contributed by atoms with Crippen LogP contribution in [0.1, 0.15) is 104 Å². The number of fused-ring (bicyclic) bond motifs is 1. The zero-order valence-corrected chi connectivity index (χ0v) is 45.5. The molecule has 0 aliphatic carbocycles. The number of esters is 1. The third-order valence-corrected chi connectivity index (χ3v) is 11.0. The van der Waals surface area contributed by atoms with Crippen molar-refractivity contribution in [1.82, 2.24) is 42.5 Å². The first-order valence-corrected chi connectivity index (χ1v) is 25.6. The molecule has 1 aromatic carbocycles. The SMILES string of the molecule is COC(=O)[C@H](C)NC(=O)[C@H](CCCCNC(=O)c1ccc2c(c1)OCCOCCOCCOCCOCCO2)NC(=O)[C@H](C)NC(=O)[C@H](C)NC(=O)[C@H](CCCCN)NC(=O)[C@H](C)NC(=O)[C@H](C)NC(=O)OC(C)(C)C. The Kier molecular flexibility index (Phi) is 31.0. The molecule has 0 saturated heterocycles. The largest absolute Gasteiger partial charge is 0.487 e. The van der Waals surface area contributed by atoms with Gasteiger partial charge in [0.2, 0.25) is 35.4 Å². The van der Waals surface area contributed by atoms with Gasteiger partial charge in [0, 0.05) is 12.1 Å². The van der Waals surface area contributed by atoms with Crippen molar-refractivity contribution in [2.45, 2.75) is 142 Å².